The van der Waals surface area contributed by atoms with E-state index in [2.05, 4.69) is 0 Å². The Kier molecular flexibility index (Phi) is 7.19. The van der Waals surface area contributed by atoms with E-state index in [4.69, 9.17) is 19.3 Å². The van der Waals surface area contributed by atoms with Gasteiger partial charge in [-0.2, -0.15) is 0 Å². The molecule has 5 nitrogen and oxygen atoms in total. The summed E-state index contributed by atoms with van der Waals surface area (Å²) in [5.41, 5.74) is 2.14. The van der Waals surface area contributed by atoms with Gasteiger partial charge in [-0.25, -0.2) is 4.79 Å². The smallest absolute Gasteiger partial charge is 0.331 e. The quantitative estimate of drug-likeness (QED) is 0.422. The number of hydrogen-bond acceptors (Lipinski definition) is 4. The van der Waals surface area contributed by atoms with Crippen LogP contribution in [0.1, 0.15) is 13.8 Å². The molecule has 0 unspecified atom stereocenters. The molecule has 0 atom stereocenters. The molecule has 132 valence electrons. The van der Waals surface area contributed by atoms with Gasteiger partial charge in [-0.1, -0.05) is 42.5 Å². The van der Waals surface area contributed by atoms with Gasteiger partial charge >= 0.3 is 5.97 Å². The van der Waals surface area contributed by atoms with Gasteiger partial charge in [0.1, 0.15) is 5.75 Å². The summed E-state index contributed by atoms with van der Waals surface area (Å²) >= 11 is 0. The summed E-state index contributed by atoms with van der Waals surface area (Å²) in [4.78, 5) is 11.1. The average Bonchev–Trinajstić information content (AvgIpc) is 2.62. The fourth-order valence-electron chi connectivity index (χ4n) is 2.26. The van der Waals surface area contributed by atoms with E-state index >= 15 is 0 Å². The SMILES string of the molecule is CCOC(OCC)/C(=C/C(=O)O)Oc1ccc(-c2ccccc2)cc1. The van der Waals surface area contributed by atoms with Gasteiger partial charge in [0.2, 0.25) is 6.29 Å². The summed E-state index contributed by atoms with van der Waals surface area (Å²) < 4.78 is 16.6. The van der Waals surface area contributed by atoms with Crippen LogP contribution in [0, 0.1) is 0 Å². The minimum absolute atomic E-state index is 0.101. The number of benzene rings is 2. The number of ether oxygens (including phenoxy) is 3. The van der Waals surface area contributed by atoms with Crippen molar-refractivity contribution < 1.29 is 24.1 Å². The number of aliphatic carboxylic acids is 1. The third-order valence-corrected chi connectivity index (χ3v) is 3.33. The molecule has 2 rings (SSSR count). The lowest BCUT2D eigenvalue weighted by Crippen LogP contribution is -2.24. The first kappa shape index (κ1) is 18.7. The average molecular weight is 342 g/mol. The highest BCUT2D eigenvalue weighted by Crippen LogP contribution is 2.24. The molecule has 0 aromatic heterocycles. The van der Waals surface area contributed by atoms with E-state index in [9.17, 15) is 4.79 Å². The molecule has 2 aromatic rings. The molecule has 0 spiro atoms. The zero-order valence-corrected chi connectivity index (χ0v) is 14.3. The second-order valence-corrected chi connectivity index (χ2v) is 5.12. The van der Waals surface area contributed by atoms with Crippen molar-refractivity contribution in [3.05, 3.63) is 66.4 Å². The van der Waals surface area contributed by atoms with E-state index < -0.39 is 12.3 Å². The molecule has 0 aliphatic rings. The van der Waals surface area contributed by atoms with Gasteiger partial charge in [0.05, 0.1) is 6.08 Å². The van der Waals surface area contributed by atoms with Gasteiger partial charge in [0, 0.05) is 13.2 Å². The zero-order chi connectivity index (χ0) is 18.1. The molecule has 25 heavy (non-hydrogen) atoms. The van der Waals surface area contributed by atoms with E-state index in [-0.39, 0.29) is 5.76 Å². The molecule has 0 saturated heterocycles. The highest BCUT2D eigenvalue weighted by Gasteiger charge is 2.19. The van der Waals surface area contributed by atoms with Crippen molar-refractivity contribution in [3.8, 4) is 16.9 Å². The summed E-state index contributed by atoms with van der Waals surface area (Å²) in [6.45, 7) is 4.36. The van der Waals surface area contributed by atoms with Gasteiger partial charge in [0.25, 0.3) is 0 Å². The molecule has 0 aliphatic carbocycles. The first-order valence-electron chi connectivity index (χ1n) is 8.15. The van der Waals surface area contributed by atoms with Crippen molar-refractivity contribution in [2.75, 3.05) is 13.2 Å². The number of hydrogen-bond donors (Lipinski definition) is 1. The fourth-order valence-corrected chi connectivity index (χ4v) is 2.26. The molecule has 0 aliphatic heterocycles. The Balaban J connectivity index is 2.19. The third-order valence-electron chi connectivity index (χ3n) is 3.33. The van der Waals surface area contributed by atoms with E-state index in [1.165, 1.54) is 0 Å². The molecular formula is C20H22O5. The zero-order valence-electron chi connectivity index (χ0n) is 14.3. The van der Waals surface area contributed by atoms with E-state index in [0.29, 0.717) is 19.0 Å². The second-order valence-electron chi connectivity index (χ2n) is 5.12. The molecule has 0 heterocycles. The maximum absolute atomic E-state index is 11.1. The van der Waals surface area contributed by atoms with Crippen LogP contribution in [0.5, 0.6) is 5.75 Å². The Morgan fingerprint density at radius 3 is 2.04 bits per heavy atom. The lowest BCUT2D eigenvalue weighted by Gasteiger charge is -2.20. The number of carboxylic acids is 1. The Hall–Kier alpha value is -2.63. The van der Waals surface area contributed by atoms with Crippen LogP contribution in [0.15, 0.2) is 66.4 Å². The normalized spacial score (nSPS) is 11.6. The summed E-state index contributed by atoms with van der Waals surface area (Å²) in [6.07, 6.45) is 0.0982. The maximum Gasteiger partial charge on any atom is 0.331 e. The number of rotatable bonds is 9. The molecular weight excluding hydrogens is 320 g/mol. The number of carbonyl (C=O) groups is 1. The molecule has 5 heteroatoms. The van der Waals surface area contributed by atoms with Crippen molar-refractivity contribution in [2.24, 2.45) is 0 Å². The van der Waals surface area contributed by atoms with Gasteiger partial charge < -0.3 is 19.3 Å². The van der Waals surface area contributed by atoms with Crippen LogP contribution in [0.2, 0.25) is 0 Å². The third kappa shape index (κ3) is 5.74. The standard InChI is InChI=1S/C20H22O5/c1-3-23-20(24-4-2)18(14-19(21)22)25-17-12-10-16(11-13-17)15-8-6-5-7-9-15/h5-14,20H,3-4H2,1-2H3,(H,21,22)/b18-14-. The maximum atomic E-state index is 11.1. The van der Waals surface area contributed by atoms with Gasteiger partial charge in [0.15, 0.2) is 5.76 Å². The lowest BCUT2D eigenvalue weighted by atomic mass is 10.1. The van der Waals surface area contributed by atoms with E-state index in [1.807, 2.05) is 42.5 Å². The van der Waals surface area contributed by atoms with Crippen molar-refractivity contribution in [1.82, 2.24) is 0 Å². The van der Waals surface area contributed by atoms with Gasteiger partial charge in [-0.15, -0.1) is 0 Å². The molecule has 2 aromatic carbocycles. The van der Waals surface area contributed by atoms with Crippen LogP contribution in [0.3, 0.4) is 0 Å². The molecule has 0 saturated carbocycles. The summed E-state index contributed by atoms with van der Waals surface area (Å²) in [7, 11) is 0. The van der Waals surface area contributed by atoms with Crippen molar-refractivity contribution in [2.45, 2.75) is 20.1 Å². The predicted octanol–water partition coefficient (Wildman–Crippen LogP) is 4.10. The summed E-state index contributed by atoms with van der Waals surface area (Å²) in [5, 5.41) is 9.07. The molecule has 0 fully saturated rings. The minimum Gasteiger partial charge on any atom is -0.478 e. The monoisotopic (exact) mass is 342 g/mol. The van der Waals surface area contributed by atoms with E-state index in [1.54, 1.807) is 26.0 Å². The number of carboxylic acid groups (broad SMARTS) is 1. The van der Waals surface area contributed by atoms with Crippen LogP contribution in [0.25, 0.3) is 11.1 Å². The van der Waals surface area contributed by atoms with Crippen molar-refractivity contribution in [3.63, 3.8) is 0 Å². The van der Waals surface area contributed by atoms with Gasteiger partial charge in [-0.05, 0) is 37.1 Å². The van der Waals surface area contributed by atoms with Crippen LogP contribution < -0.4 is 4.74 Å². The van der Waals surface area contributed by atoms with Crippen LogP contribution in [0.4, 0.5) is 0 Å². The van der Waals surface area contributed by atoms with Crippen molar-refractivity contribution in [1.29, 1.82) is 0 Å². The summed E-state index contributed by atoms with van der Waals surface area (Å²) in [5.74, 6) is -0.513. The second kappa shape index (κ2) is 9.61. The van der Waals surface area contributed by atoms with Crippen LogP contribution in [-0.4, -0.2) is 30.6 Å². The Bertz CT molecular complexity index is 686. The highest BCUT2D eigenvalue weighted by molar-refractivity contribution is 5.80. The van der Waals surface area contributed by atoms with Crippen LogP contribution in [-0.2, 0) is 14.3 Å². The first-order valence-corrected chi connectivity index (χ1v) is 8.15. The van der Waals surface area contributed by atoms with Crippen LogP contribution >= 0.6 is 0 Å². The Morgan fingerprint density at radius 1 is 0.960 bits per heavy atom. The Morgan fingerprint density at radius 2 is 1.52 bits per heavy atom. The minimum atomic E-state index is -1.12. The summed E-state index contributed by atoms with van der Waals surface area (Å²) in [6, 6.07) is 17.4. The topological polar surface area (TPSA) is 65.0 Å². The van der Waals surface area contributed by atoms with Gasteiger partial charge in [-0.3, -0.25) is 0 Å². The molecule has 1 N–H and O–H groups in total. The predicted molar refractivity (Wildman–Crippen MR) is 95.3 cm³/mol. The van der Waals surface area contributed by atoms with Crippen molar-refractivity contribution >= 4 is 5.97 Å². The first-order chi connectivity index (χ1) is 12.1. The molecule has 0 amide bonds. The highest BCUT2D eigenvalue weighted by atomic mass is 16.7. The largest absolute Gasteiger partial charge is 0.478 e. The molecule has 0 radical (unpaired) electrons. The fraction of sp³-hybridized carbons (Fsp3) is 0.250. The lowest BCUT2D eigenvalue weighted by molar-refractivity contribution is -0.136. The Labute approximate surface area is 147 Å². The molecule has 0 bridgehead atoms. The van der Waals surface area contributed by atoms with E-state index in [0.717, 1.165) is 17.2 Å².